The van der Waals surface area contributed by atoms with Gasteiger partial charge in [-0.1, -0.05) is 17.7 Å². The van der Waals surface area contributed by atoms with E-state index in [0.29, 0.717) is 18.7 Å². The minimum Gasteiger partial charge on any atom is -0.481 e. The monoisotopic (exact) mass is 291 g/mol. The van der Waals surface area contributed by atoms with Crippen LogP contribution in [0.1, 0.15) is 33.5 Å². The first-order chi connectivity index (χ1) is 9.90. The first-order valence-corrected chi connectivity index (χ1v) is 7.08. The van der Waals surface area contributed by atoms with E-state index >= 15 is 0 Å². The van der Waals surface area contributed by atoms with Crippen LogP contribution in [0, 0.1) is 20.8 Å². The van der Waals surface area contributed by atoms with Crippen LogP contribution < -0.4 is 0 Å². The van der Waals surface area contributed by atoms with Crippen molar-refractivity contribution in [3.63, 3.8) is 0 Å². The van der Waals surface area contributed by atoms with E-state index in [-0.39, 0.29) is 18.9 Å². The van der Waals surface area contributed by atoms with Crippen molar-refractivity contribution in [1.29, 1.82) is 0 Å². The smallest absolute Gasteiger partial charge is 0.305 e. The van der Waals surface area contributed by atoms with Crippen LogP contribution in [0.3, 0.4) is 0 Å². The highest BCUT2D eigenvalue weighted by atomic mass is 16.5. The molecular formula is C16H21NO4. The lowest BCUT2D eigenvalue weighted by molar-refractivity contribution is -0.139. The average molecular weight is 291 g/mol. The summed E-state index contributed by atoms with van der Waals surface area (Å²) in [4.78, 5) is 25.4. The summed E-state index contributed by atoms with van der Waals surface area (Å²) >= 11 is 0. The number of benzene rings is 1. The molecule has 1 aromatic rings. The number of ether oxygens (including phenoxy) is 1. The van der Waals surface area contributed by atoms with E-state index in [2.05, 4.69) is 0 Å². The zero-order valence-electron chi connectivity index (χ0n) is 12.7. The summed E-state index contributed by atoms with van der Waals surface area (Å²) in [5.74, 6) is -1.01. The molecule has 1 saturated heterocycles. The molecule has 1 heterocycles. The van der Waals surface area contributed by atoms with Crippen LogP contribution in [0.15, 0.2) is 12.1 Å². The number of carbonyl (C=O) groups excluding carboxylic acids is 1. The molecule has 0 bridgehead atoms. The van der Waals surface area contributed by atoms with Gasteiger partial charge in [0.2, 0.25) is 0 Å². The van der Waals surface area contributed by atoms with Crippen molar-refractivity contribution >= 4 is 11.9 Å². The van der Waals surface area contributed by atoms with E-state index in [1.807, 2.05) is 32.9 Å². The van der Waals surface area contributed by atoms with Gasteiger partial charge >= 0.3 is 5.97 Å². The van der Waals surface area contributed by atoms with Crippen molar-refractivity contribution in [3.8, 4) is 0 Å². The predicted octanol–water partition coefficient (Wildman–Crippen LogP) is 1.93. The Kier molecular flexibility index (Phi) is 4.63. The number of amides is 1. The van der Waals surface area contributed by atoms with Crippen molar-refractivity contribution in [2.75, 3.05) is 19.8 Å². The fraction of sp³-hybridized carbons (Fsp3) is 0.500. The molecule has 0 spiro atoms. The van der Waals surface area contributed by atoms with E-state index in [4.69, 9.17) is 9.84 Å². The fourth-order valence-electron chi connectivity index (χ4n) is 2.95. The summed E-state index contributed by atoms with van der Waals surface area (Å²) in [6, 6.07) is 3.56. The average Bonchev–Trinajstić information content (AvgIpc) is 2.37. The van der Waals surface area contributed by atoms with E-state index in [1.54, 1.807) is 4.90 Å². The Bertz CT molecular complexity index is 544. The number of morpholine rings is 1. The van der Waals surface area contributed by atoms with Gasteiger partial charge in [0.1, 0.15) is 0 Å². The minimum atomic E-state index is -0.916. The van der Waals surface area contributed by atoms with Crippen molar-refractivity contribution < 1.29 is 19.4 Å². The molecule has 0 radical (unpaired) electrons. The molecule has 21 heavy (non-hydrogen) atoms. The summed E-state index contributed by atoms with van der Waals surface area (Å²) in [5.41, 5.74) is 3.65. The first kappa shape index (κ1) is 15.5. The molecular weight excluding hydrogens is 270 g/mol. The maximum Gasteiger partial charge on any atom is 0.305 e. The highest BCUT2D eigenvalue weighted by Crippen LogP contribution is 2.21. The number of carboxylic acids is 1. The van der Waals surface area contributed by atoms with E-state index in [0.717, 1.165) is 16.7 Å². The Labute approximate surface area is 124 Å². The van der Waals surface area contributed by atoms with Crippen LogP contribution in [0.4, 0.5) is 0 Å². The summed E-state index contributed by atoms with van der Waals surface area (Å²) in [6.07, 6.45) is -0.0876. The zero-order chi connectivity index (χ0) is 15.6. The third kappa shape index (κ3) is 3.42. The standard InChI is InChI=1S/C16H21NO4/c1-10-6-11(2)15(12(3)7-10)16(20)17-4-5-21-9-13(17)8-14(18)19/h6-7,13H,4-5,8-9H2,1-3H3,(H,18,19). The van der Waals surface area contributed by atoms with Gasteiger partial charge in [0.15, 0.2) is 0 Å². The second kappa shape index (κ2) is 6.26. The Morgan fingerprint density at radius 2 is 1.90 bits per heavy atom. The number of hydrogen-bond acceptors (Lipinski definition) is 3. The van der Waals surface area contributed by atoms with Gasteiger partial charge in [-0.3, -0.25) is 9.59 Å². The number of aryl methyl sites for hydroxylation is 3. The minimum absolute atomic E-state index is 0.0876. The van der Waals surface area contributed by atoms with Crippen molar-refractivity contribution in [2.45, 2.75) is 33.2 Å². The normalized spacial score (nSPS) is 18.6. The number of rotatable bonds is 3. The Hall–Kier alpha value is -1.88. The van der Waals surface area contributed by atoms with E-state index in [9.17, 15) is 9.59 Å². The number of carboxylic acid groups (broad SMARTS) is 1. The molecule has 0 saturated carbocycles. The molecule has 1 unspecified atom stereocenters. The molecule has 5 nitrogen and oxygen atoms in total. The topological polar surface area (TPSA) is 66.8 Å². The number of nitrogens with zero attached hydrogens (tertiary/aromatic N) is 1. The van der Waals surface area contributed by atoms with Gasteiger partial charge in [-0.2, -0.15) is 0 Å². The SMILES string of the molecule is Cc1cc(C)c(C(=O)N2CCOCC2CC(=O)O)c(C)c1. The maximum absolute atomic E-state index is 12.8. The molecule has 1 amide bonds. The molecule has 1 aliphatic heterocycles. The van der Waals surface area contributed by atoms with Gasteiger partial charge in [-0.05, 0) is 31.9 Å². The summed E-state index contributed by atoms with van der Waals surface area (Å²) < 4.78 is 5.32. The summed E-state index contributed by atoms with van der Waals surface area (Å²) in [5, 5.41) is 8.99. The van der Waals surface area contributed by atoms with Crippen LogP contribution in [-0.4, -0.2) is 47.7 Å². The van der Waals surface area contributed by atoms with Gasteiger partial charge in [0.05, 0.1) is 25.7 Å². The molecule has 1 aromatic carbocycles. The molecule has 5 heteroatoms. The molecule has 1 fully saturated rings. The number of carbonyl (C=O) groups is 2. The zero-order valence-corrected chi connectivity index (χ0v) is 12.7. The molecule has 0 aromatic heterocycles. The lowest BCUT2D eigenvalue weighted by Crippen LogP contribution is -2.49. The van der Waals surface area contributed by atoms with Gasteiger partial charge in [-0.25, -0.2) is 0 Å². The highest BCUT2D eigenvalue weighted by Gasteiger charge is 2.31. The van der Waals surface area contributed by atoms with Crippen molar-refractivity contribution in [2.24, 2.45) is 0 Å². The largest absolute Gasteiger partial charge is 0.481 e. The quantitative estimate of drug-likeness (QED) is 0.924. The Morgan fingerprint density at radius 3 is 2.48 bits per heavy atom. The molecule has 1 atom stereocenters. The van der Waals surface area contributed by atoms with E-state index < -0.39 is 12.0 Å². The highest BCUT2D eigenvalue weighted by molar-refractivity contribution is 5.97. The molecule has 114 valence electrons. The van der Waals surface area contributed by atoms with Gasteiger partial charge in [0.25, 0.3) is 5.91 Å². The second-order valence-electron chi connectivity index (χ2n) is 5.60. The maximum atomic E-state index is 12.8. The Morgan fingerprint density at radius 1 is 1.29 bits per heavy atom. The number of aliphatic carboxylic acids is 1. The molecule has 1 N–H and O–H groups in total. The fourth-order valence-corrected chi connectivity index (χ4v) is 2.95. The van der Waals surface area contributed by atoms with Gasteiger partial charge in [-0.15, -0.1) is 0 Å². The first-order valence-electron chi connectivity index (χ1n) is 7.08. The van der Waals surface area contributed by atoms with Crippen LogP contribution >= 0.6 is 0 Å². The number of hydrogen-bond donors (Lipinski definition) is 1. The third-order valence-electron chi connectivity index (χ3n) is 3.79. The van der Waals surface area contributed by atoms with Crippen molar-refractivity contribution in [1.82, 2.24) is 4.90 Å². The Balaban J connectivity index is 2.31. The van der Waals surface area contributed by atoms with Crippen LogP contribution in [0.2, 0.25) is 0 Å². The van der Waals surface area contributed by atoms with Crippen LogP contribution in [-0.2, 0) is 9.53 Å². The molecule has 0 aliphatic carbocycles. The second-order valence-corrected chi connectivity index (χ2v) is 5.60. The third-order valence-corrected chi connectivity index (χ3v) is 3.79. The molecule has 2 rings (SSSR count). The van der Waals surface area contributed by atoms with Crippen molar-refractivity contribution in [3.05, 3.63) is 34.4 Å². The van der Waals surface area contributed by atoms with Crippen LogP contribution in [0.5, 0.6) is 0 Å². The van der Waals surface area contributed by atoms with Crippen LogP contribution in [0.25, 0.3) is 0 Å². The van der Waals surface area contributed by atoms with Gasteiger partial charge in [0, 0.05) is 12.1 Å². The molecule has 1 aliphatic rings. The summed E-state index contributed by atoms with van der Waals surface area (Å²) in [6.45, 7) is 6.99. The summed E-state index contributed by atoms with van der Waals surface area (Å²) in [7, 11) is 0. The lowest BCUT2D eigenvalue weighted by Gasteiger charge is -2.35. The van der Waals surface area contributed by atoms with E-state index in [1.165, 1.54) is 0 Å². The predicted molar refractivity (Wildman–Crippen MR) is 78.5 cm³/mol. The lowest BCUT2D eigenvalue weighted by atomic mass is 9.97. The van der Waals surface area contributed by atoms with Gasteiger partial charge < -0.3 is 14.7 Å².